The molecule has 1 aromatic rings. The van der Waals surface area contributed by atoms with Crippen molar-refractivity contribution >= 4 is 11.6 Å². The summed E-state index contributed by atoms with van der Waals surface area (Å²) in [5, 5.41) is 0.355. The molecule has 1 atom stereocenters. The highest BCUT2D eigenvalue weighted by atomic mass is 35.5. The van der Waals surface area contributed by atoms with Gasteiger partial charge < -0.3 is 10.5 Å². The van der Waals surface area contributed by atoms with E-state index in [0.717, 1.165) is 7.11 Å². The van der Waals surface area contributed by atoms with Gasteiger partial charge in [0.05, 0.1) is 0 Å². The molecule has 1 rings (SSSR count). The lowest BCUT2D eigenvalue weighted by molar-refractivity contribution is -0.272. The van der Waals surface area contributed by atoms with E-state index in [9.17, 15) is 13.2 Å². The summed E-state index contributed by atoms with van der Waals surface area (Å²) in [6.07, 6.45) is -4.58. The average molecular weight is 254 g/mol. The third-order valence-corrected chi connectivity index (χ3v) is 2.66. The van der Waals surface area contributed by atoms with Crippen molar-refractivity contribution in [3.63, 3.8) is 0 Å². The van der Waals surface area contributed by atoms with E-state index in [2.05, 4.69) is 4.74 Å². The van der Waals surface area contributed by atoms with Gasteiger partial charge in [-0.05, 0) is 17.7 Å². The second-order valence-corrected chi connectivity index (χ2v) is 3.68. The van der Waals surface area contributed by atoms with Crippen molar-refractivity contribution < 1.29 is 17.9 Å². The van der Waals surface area contributed by atoms with E-state index in [1.807, 2.05) is 0 Å². The zero-order chi connectivity index (χ0) is 12.4. The molecule has 2 nitrogen and oxygen atoms in total. The molecule has 0 saturated carbocycles. The van der Waals surface area contributed by atoms with Crippen LogP contribution in [0.2, 0.25) is 5.02 Å². The van der Waals surface area contributed by atoms with E-state index >= 15 is 0 Å². The van der Waals surface area contributed by atoms with Crippen molar-refractivity contribution in [1.82, 2.24) is 0 Å². The van der Waals surface area contributed by atoms with Crippen LogP contribution in [0.3, 0.4) is 0 Å². The van der Waals surface area contributed by atoms with Gasteiger partial charge in [-0.25, -0.2) is 0 Å². The molecule has 6 heteroatoms. The van der Waals surface area contributed by atoms with E-state index in [-0.39, 0.29) is 5.56 Å². The quantitative estimate of drug-likeness (QED) is 0.899. The minimum Gasteiger partial charge on any atom is -0.363 e. The van der Waals surface area contributed by atoms with Gasteiger partial charge in [0, 0.05) is 18.7 Å². The fourth-order valence-electron chi connectivity index (χ4n) is 1.43. The van der Waals surface area contributed by atoms with Gasteiger partial charge in [0.1, 0.15) is 0 Å². The van der Waals surface area contributed by atoms with Crippen LogP contribution < -0.4 is 5.73 Å². The number of halogens is 4. The highest BCUT2D eigenvalue weighted by molar-refractivity contribution is 6.30. The van der Waals surface area contributed by atoms with E-state index in [1.54, 1.807) is 0 Å². The molecule has 0 aliphatic heterocycles. The fraction of sp³-hybridized carbons (Fsp3) is 0.400. The van der Waals surface area contributed by atoms with Crippen molar-refractivity contribution in [2.75, 3.05) is 13.7 Å². The summed E-state index contributed by atoms with van der Waals surface area (Å²) in [7, 11) is 0.981. The van der Waals surface area contributed by atoms with Crippen LogP contribution in [0.15, 0.2) is 24.3 Å². The maximum absolute atomic E-state index is 12.9. The van der Waals surface area contributed by atoms with Gasteiger partial charge >= 0.3 is 6.18 Å². The smallest absolute Gasteiger partial charge is 0.363 e. The van der Waals surface area contributed by atoms with Crippen molar-refractivity contribution in [3.05, 3.63) is 34.9 Å². The summed E-state index contributed by atoms with van der Waals surface area (Å²) >= 11 is 5.61. The number of methoxy groups -OCH3 is 1. The molecule has 0 amide bonds. The molecule has 0 aliphatic rings. The van der Waals surface area contributed by atoms with Gasteiger partial charge in [0.25, 0.3) is 0 Å². The Kier molecular flexibility index (Phi) is 3.83. The van der Waals surface area contributed by atoms with Crippen LogP contribution in [-0.2, 0) is 10.3 Å². The molecule has 90 valence electrons. The first kappa shape index (κ1) is 13.3. The van der Waals surface area contributed by atoms with Crippen LogP contribution in [0.4, 0.5) is 13.2 Å². The second kappa shape index (κ2) is 4.61. The van der Waals surface area contributed by atoms with Crippen LogP contribution >= 0.6 is 11.6 Å². The third-order valence-electron chi connectivity index (χ3n) is 2.40. The lowest BCUT2D eigenvalue weighted by Crippen LogP contribution is -2.49. The molecule has 16 heavy (non-hydrogen) atoms. The van der Waals surface area contributed by atoms with Gasteiger partial charge in [-0.3, -0.25) is 0 Å². The van der Waals surface area contributed by atoms with Crippen LogP contribution in [0, 0.1) is 0 Å². The van der Waals surface area contributed by atoms with E-state index in [4.69, 9.17) is 17.3 Å². The number of rotatable bonds is 3. The number of hydrogen-bond donors (Lipinski definition) is 1. The van der Waals surface area contributed by atoms with Crippen molar-refractivity contribution in [3.8, 4) is 0 Å². The van der Waals surface area contributed by atoms with Crippen LogP contribution in [0.5, 0.6) is 0 Å². The molecule has 0 bridgehead atoms. The second-order valence-electron chi connectivity index (χ2n) is 3.24. The first-order chi connectivity index (χ1) is 7.37. The Bertz CT molecular complexity index is 346. The largest absolute Gasteiger partial charge is 0.422 e. The molecule has 1 unspecified atom stereocenters. The van der Waals surface area contributed by atoms with Crippen LogP contribution in [-0.4, -0.2) is 19.8 Å². The minimum absolute atomic E-state index is 0.0607. The number of hydrogen-bond acceptors (Lipinski definition) is 2. The molecule has 0 heterocycles. The first-order valence-corrected chi connectivity index (χ1v) is 4.83. The van der Waals surface area contributed by atoms with E-state index in [0.29, 0.717) is 5.02 Å². The van der Waals surface area contributed by atoms with Crippen molar-refractivity contribution in [2.24, 2.45) is 5.73 Å². The number of nitrogens with two attached hydrogens (primary N) is 1. The summed E-state index contributed by atoms with van der Waals surface area (Å²) in [6.45, 7) is -0.686. The highest BCUT2D eigenvalue weighted by Gasteiger charge is 2.55. The molecule has 1 aromatic carbocycles. The zero-order valence-electron chi connectivity index (χ0n) is 8.51. The Balaban J connectivity index is 3.26. The Labute approximate surface area is 96.1 Å². The fourth-order valence-corrected chi connectivity index (χ4v) is 1.56. The Morgan fingerprint density at radius 3 is 2.06 bits per heavy atom. The molecular formula is C10H11ClF3NO. The first-order valence-electron chi connectivity index (χ1n) is 4.45. The summed E-state index contributed by atoms with van der Waals surface area (Å²) in [5.74, 6) is 0. The molecule has 2 N–H and O–H groups in total. The maximum atomic E-state index is 12.9. The summed E-state index contributed by atoms with van der Waals surface area (Å²) in [6, 6.07) is 5.25. The SMILES string of the molecule is COC(CN)(c1ccc(Cl)cc1)C(F)(F)F. The zero-order valence-corrected chi connectivity index (χ0v) is 9.27. The Morgan fingerprint density at radius 1 is 1.25 bits per heavy atom. The van der Waals surface area contributed by atoms with Gasteiger partial charge in [0.2, 0.25) is 5.60 Å². The normalized spacial score (nSPS) is 15.9. The average Bonchev–Trinajstić information content (AvgIpc) is 2.21. The van der Waals surface area contributed by atoms with Gasteiger partial charge in [-0.1, -0.05) is 23.7 Å². The molecular weight excluding hydrogens is 243 g/mol. The van der Waals surface area contributed by atoms with Crippen LogP contribution in [0.1, 0.15) is 5.56 Å². The van der Waals surface area contributed by atoms with Crippen molar-refractivity contribution in [1.29, 1.82) is 0 Å². The van der Waals surface area contributed by atoms with Gasteiger partial charge in [0.15, 0.2) is 0 Å². The third kappa shape index (κ3) is 2.16. The summed E-state index contributed by atoms with van der Waals surface area (Å²) in [5.41, 5.74) is 2.66. The molecule has 0 aromatic heterocycles. The van der Waals surface area contributed by atoms with Gasteiger partial charge in [-0.2, -0.15) is 13.2 Å². The van der Waals surface area contributed by atoms with Crippen molar-refractivity contribution in [2.45, 2.75) is 11.8 Å². The highest BCUT2D eigenvalue weighted by Crippen LogP contribution is 2.41. The van der Waals surface area contributed by atoms with E-state index in [1.165, 1.54) is 24.3 Å². The molecule has 0 aliphatic carbocycles. The standard InChI is InChI=1S/C10H11ClF3NO/c1-16-9(6-15,10(12,13)14)7-2-4-8(11)5-3-7/h2-5H,6,15H2,1H3. The lowest BCUT2D eigenvalue weighted by atomic mass is 9.93. The Hall–Kier alpha value is -0.780. The number of ether oxygens (including phenoxy) is 1. The number of alkyl halides is 3. The summed E-state index contributed by atoms with van der Waals surface area (Å²) < 4.78 is 43.4. The summed E-state index contributed by atoms with van der Waals surface area (Å²) in [4.78, 5) is 0. The van der Waals surface area contributed by atoms with E-state index < -0.39 is 18.3 Å². The predicted octanol–water partition coefficient (Wildman–Crippen LogP) is 2.70. The number of benzene rings is 1. The lowest BCUT2D eigenvalue weighted by Gasteiger charge is -2.33. The van der Waals surface area contributed by atoms with Gasteiger partial charge in [-0.15, -0.1) is 0 Å². The Morgan fingerprint density at radius 2 is 1.75 bits per heavy atom. The molecule has 0 radical (unpaired) electrons. The topological polar surface area (TPSA) is 35.2 Å². The molecule has 0 saturated heterocycles. The maximum Gasteiger partial charge on any atom is 0.422 e. The van der Waals surface area contributed by atoms with Crippen LogP contribution in [0.25, 0.3) is 0 Å². The predicted molar refractivity (Wildman–Crippen MR) is 55.2 cm³/mol. The monoisotopic (exact) mass is 253 g/mol. The minimum atomic E-state index is -4.58. The molecule has 0 spiro atoms. The molecule has 0 fully saturated rings.